The molecule has 2 unspecified atom stereocenters. The van der Waals surface area contributed by atoms with Crippen molar-refractivity contribution in [2.24, 2.45) is 0 Å². The second-order valence-electron chi connectivity index (χ2n) is 8.47. The third-order valence-electron chi connectivity index (χ3n) is 5.87. The van der Waals surface area contributed by atoms with Crippen LogP contribution in [0.1, 0.15) is 44.7 Å². The number of hydrogen-bond donors (Lipinski definition) is 0. The van der Waals surface area contributed by atoms with Gasteiger partial charge >= 0.3 is 0 Å². The fraction of sp³-hybridized carbons (Fsp3) is 0.385. The molecule has 1 saturated heterocycles. The molecule has 2 aromatic rings. The summed E-state index contributed by atoms with van der Waals surface area (Å²) in [4.78, 5) is 30.6. The van der Waals surface area contributed by atoms with Gasteiger partial charge in [0.1, 0.15) is 5.70 Å². The first-order valence-corrected chi connectivity index (χ1v) is 11.2. The van der Waals surface area contributed by atoms with Crippen LogP contribution >= 0.6 is 0 Å². The summed E-state index contributed by atoms with van der Waals surface area (Å²) >= 11 is 0. The molecule has 2 aromatic carbocycles. The summed E-state index contributed by atoms with van der Waals surface area (Å²) in [6.07, 6.45) is 3.24. The van der Waals surface area contributed by atoms with Gasteiger partial charge in [0.2, 0.25) is 0 Å². The second-order valence-corrected chi connectivity index (χ2v) is 8.47. The molecule has 0 saturated carbocycles. The van der Waals surface area contributed by atoms with Crippen molar-refractivity contribution >= 4 is 23.1 Å². The Morgan fingerprint density at radius 1 is 0.903 bits per heavy atom. The standard InChI is InChI=1S/C26H30N2O3/c1-4-5-9-20-12-14-22(15-13-20)28-25(29)23(21-10-7-6-8-11-21)24(26(28)30)27-16-18(2)31-19(3)17-27/h6-8,10-15,18-19H,4-5,9,16-17H2,1-3H3. The van der Waals surface area contributed by atoms with E-state index < -0.39 is 0 Å². The minimum absolute atomic E-state index is 0.0110. The molecule has 0 aliphatic carbocycles. The monoisotopic (exact) mass is 418 g/mol. The molecular formula is C26H30N2O3. The van der Waals surface area contributed by atoms with Crippen molar-refractivity contribution in [1.29, 1.82) is 0 Å². The van der Waals surface area contributed by atoms with Gasteiger partial charge in [-0.15, -0.1) is 0 Å². The zero-order valence-corrected chi connectivity index (χ0v) is 18.5. The molecule has 1 fully saturated rings. The van der Waals surface area contributed by atoms with Gasteiger partial charge in [0, 0.05) is 13.1 Å². The number of hydrogen-bond acceptors (Lipinski definition) is 4. The minimum Gasteiger partial charge on any atom is -0.372 e. The van der Waals surface area contributed by atoms with E-state index in [-0.39, 0.29) is 24.0 Å². The predicted molar refractivity (Wildman–Crippen MR) is 122 cm³/mol. The Bertz CT molecular complexity index is 971. The molecule has 0 radical (unpaired) electrons. The number of rotatable bonds is 6. The molecule has 4 rings (SSSR count). The van der Waals surface area contributed by atoms with Crippen LogP contribution < -0.4 is 4.90 Å². The van der Waals surface area contributed by atoms with E-state index in [9.17, 15) is 9.59 Å². The Morgan fingerprint density at radius 3 is 2.16 bits per heavy atom. The number of carbonyl (C=O) groups excluding carboxylic acids is 2. The highest BCUT2D eigenvalue weighted by Gasteiger charge is 2.43. The molecule has 5 heteroatoms. The predicted octanol–water partition coefficient (Wildman–Crippen LogP) is 4.42. The highest BCUT2D eigenvalue weighted by Crippen LogP contribution is 2.36. The summed E-state index contributed by atoms with van der Waals surface area (Å²) in [6.45, 7) is 7.33. The molecule has 0 bridgehead atoms. The second kappa shape index (κ2) is 9.06. The smallest absolute Gasteiger partial charge is 0.282 e. The van der Waals surface area contributed by atoms with Gasteiger partial charge in [-0.25, -0.2) is 4.90 Å². The van der Waals surface area contributed by atoms with E-state index in [4.69, 9.17) is 4.74 Å². The summed E-state index contributed by atoms with van der Waals surface area (Å²) in [6, 6.07) is 17.3. The SMILES string of the molecule is CCCCc1ccc(N2C(=O)C(c3ccccc3)=C(N3CC(C)OC(C)C3)C2=O)cc1. The fourth-order valence-electron chi connectivity index (χ4n) is 4.46. The summed E-state index contributed by atoms with van der Waals surface area (Å²) in [5, 5.41) is 0. The van der Waals surface area contributed by atoms with Gasteiger partial charge in [-0.3, -0.25) is 9.59 Å². The third kappa shape index (κ3) is 4.28. The maximum Gasteiger partial charge on any atom is 0.282 e. The number of benzene rings is 2. The van der Waals surface area contributed by atoms with Crippen LogP contribution in [0.2, 0.25) is 0 Å². The number of aryl methyl sites for hydroxylation is 1. The molecule has 0 spiro atoms. The van der Waals surface area contributed by atoms with Crippen LogP contribution in [0, 0.1) is 0 Å². The molecule has 2 aliphatic heterocycles. The molecular weight excluding hydrogens is 388 g/mol. The number of unbranched alkanes of at least 4 members (excludes halogenated alkanes) is 1. The summed E-state index contributed by atoms with van der Waals surface area (Å²) in [5.74, 6) is -0.522. The van der Waals surface area contributed by atoms with Crippen LogP contribution in [0.5, 0.6) is 0 Å². The van der Waals surface area contributed by atoms with Crippen LogP contribution in [0.3, 0.4) is 0 Å². The molecule has 162 valence electrons. The maximum absolute atomic E-state index is 13.6. The lowest BCUT2D eigenvalue weighted by atomic mass is 10.0. The Labute approximate surface area is 184 Å². The lowest BCUT2D eigenvalue weighted by molar-refractivity contribution is -0.121. The van der Waals surface area contributed by atoms with Gasteiger partial charge < -0.3 is 9.64 Å². The number of ether oxygens (including phenoxy) is 1. The first-order valence-electron chi connectivity index (χ1n) is 11.2. The normalized spacial score (nSPS) is 21.9. The minimum atomic E-state index is -0.265. The van der Waals surface area contributed by atoms with E-state index in [1.807, 2.05) is 73.3 Å². The molecule has 31 heavy (non-hydrogen) atoms. The van der Waals surface area contributed by atoms with E-state index in [1.54, 1.807) is 0 Å². The van der Waals surface area contributed by atoms with Crippen molar-refractivity contribution in [3.8, 4) is 0 Å². The van der Waals surface area contributed by atoms with Crippen molar-refractivity contribution in [3.63, 3.8) is 0 Å². The lowest BCUT2D eigenvalue weighted by Gasteiger charge is -2.37. The summed E-state index contributed by atoms with van der Waals surface area (Å²) in [7, 11) is 0. The van der Waals surface area contributed by atoms with E-state index in [2.05, 4.69) is 6.92 Å². The van der Waals surface area contributed by atoms with Crippen molar-refractivity contribution in [1.82, 2.24) is 4.90 Å². The largest absolute Gasteiger partial charge is 0.372 e. The molecule has 2 aliphatic rings. The van der Waals surface area contributed by atoms with Crippen molar-refractivity contribution in [2.45, 2.75) is 52.2 Å². The van der Waals surface area contributed by atoms with E-state index in [0.717, 1.165) is 24.8 Å². The molecule has 2 atom stereocenters. The average Bonchev–Trinajstić information content (AvgIpc) is 3.02. The number of anilines is 1. The highest BCUT2D eigenvalue weighted by atomic mass is 16.5. The Hall–Kier alpha value is -2.92. The number of nitrogens with zero attached hydrogens (tertiary/aromatic N) is 2. The van der Waals surface area contributed by atoms with Crippen molar-refractivity contribution < 1.29 is 14.3 Å². The Morgan fingerprint density at radius 2 is 1.55 bits per heavy atom. The van der Waals surface area contributed by atoms with Gasteiger partial charge in [-0.05, 0) is 49.9 Å². The molecule has 5 nitrogen and oxygen atoms in total. The zero-order valence-electron chi connectivity index (χ0n) is 18.5. The van der Waals surface area contributed by atoms with Crippen molar-refractivity contribution in [2.75, 3.05) is 18.0 Å². The van der Waals surface area contributed by atoms with Gasteiger partial charge in [0.05, 0.1) is 23.5 Å². The average molecular weight is 419 g/mol. The highest BCUT2D eigenvalue weighted by molar-refractivity contribution is 6.45. The van der Waals surface area contributed by atoms with Gasteiger partial charge in [0.25, 0.3) is 11.8 Å². The van der Waals surface area contributed by atoms with Crippen molar-refractivity contribution in [3.05, 3.63) is 71.4 Å². The third-order valence-corrected chi connectivity index (χ3v) is 5.87. The summed E-state index contributed by atoms with van der Waals surface area (Å²) in [5.41, 5.74) is 3.56. The van der Waals surface area contributed by atoms with E-state index in [1.165, 1.54) is 10.5 Å². The lowest BCUT2D eigenvalue weighted by Crippen LogP contribution is -2.47. The van der Waals surface area contributed by atoms with E-state index >= 15 is 0 Å². The Balaban J connectivity index is 1.72. The Kier molecular flexibility index (Phi) is 6.23. The number of carbonyl (C=O) groups is 2. The van der Waals surface area contributed by atoms with Gasteiger partial charge in [-0.1, -0.05) is 55.8 Å². The van der Waals surface area contributed by atoms with Crippen LogP contribution in [0.4, 0.5) is 5.69 Å². The van der Waals surface area contributed by atoms with Crippen LogP contribution in [-0.2, 0) is 20.7 Å². The van der Waals surface area contributed by atoms with Crippen LogP contribution in [-0.4, -0.2) is 42.0 Å². The maximum atomic E-state index is 13.6. The first kappa shape index (κ1) is 21.3. The molecule has 0 N–H and O–H groups in total. The van der Waals surface area contributed by atoms with Gasteiger partial charge in [-0.2, -0.15) is 0 Å². The van der Waals surface area contributed by atoms with Crippen LogP contribution in [0.15, 0.2) is 60.3 Å². The number of amides is 2. The summed E-state index contributed by atoms with van der Waals surface area (Å²) < 4.78 is 5.86. The number of morpholine rings is 1. The van der Waals surface area contributed by atoms with E-state index in [0.29, 0.717) is 30.0 Å². The number of imide groups is 1. The molecule has 2 amide bonds. The van der Waals surface area contributed by atoms with Crippen LogP contribution in [0.25, 0.3) is 5.57 Å². The zero-order chi connectivity index (χ0) is 22.0. The fourth-order valence-corrected chi connectivity index (χ4v) is 4.46. The van der Waals surface area contributed by atoms with Gasteiger partial charge in [0.15, 0.2) is 0 Å². The topological polar surface area (TPSA) is 49.9 Å². The molecule has 0 aromatic heterocycles. The quantitative estimate of drug-likeness (QED) is 0.652. The first-order chi connectivity index (χ1) is 15.0. The molecule has 2 heterocycles.